The lowest BCUT2D eigenvalue weighted by Crippen LogP contribution is -2.49. The minimum absolute atomic E-state index is 0.0182. The number of carbonyl (C=O) groups excluding carboxylic acids is 2. The van der Waals surface area contributed by atoms with Crippen LogP contribution in [0.3, 0.4) is 0 Å². The SMILES string of the molecule is COc1nccnc1-c1ccc(C(=O)NC[C@H]2CN(C(C)=O)CCO2)cc1. The molecule has 1 aromatic carbocycles. The molecule has 1 aliphatic heterocycles. The van der Waals surface area contributed by atoms with Crippen LogP contribution in [-0.2, 0) is 9.53 Å². The Morgan fingerprint density at radius 3 is 2.70 bits per heavy atom. The highest BCUT2D eigenvalue weighted by molar-refractivity contribution is 5.94. The molecule has 8 heteroatoms. The smallest absolute Gasteiger partial charge is 0.251 e. The molecular formula is C19H22N4O4. The first kappa shape index (κ1) is 18.8. The molecule has 1 saturated heterocycles. The first-order chi connectivity index (χ1) is 13.1. The lowest BCUT2D eigenvalue weighted by Gasteiger charge is -2.32. The lowest BCUT2D eigenvalue weighted by molar-refractivity contribution is -0.136. The van der Waals surface area contributed by atoms with Crippen molar-refractivity contribution < 1.29 is 19.1 Å². The molecule has 142 valence electrons. The lowest BCUT2D eigenvalue weighted by atomic mass is 10.1. The Labute approximate surface area is 157 Å². The fraction of sp³-hybridized carbons (Fsp3) is 0.368. The number of hydrogen-bond donors (Lipinski definition) is 1. The van der Waals surface area contributed by atoms with E-state index in [1.165, 1.54) is 14.0 Å². The minimum Gasteiger partial charge on any atom is -0.479 e. The molecule has 2 heterocycles. The topological polar surface area (TPSA) is 93.6 Å². The van der Waals surface area contributed by atoms with E-state index < -0.39 is 0 Å². The maximum absolute atomic E-state index is 12.4. The van der Waals surface area contributed by atoms with Gasteiger partial charge in [-0.05, 0) is 12.1 Å². The molecule has 0 bridgehead atoms. The van der Waals surface area contributed by atoms with Crippen molar-refractivity contribution in [3.05, 3.63) is 42.2 Å². The van der Waals surface area contributed by atoms with Gasteiger partial charge in [-0.25, -0.2) is 9.97 Å². The number of aromatic nitrogens is 2. The van der Waals surface area contributed by atoms with Crippen LogP contribution < -0.4 is 10.1 Å². The zero-order chi connectivity index (χ0) is 19.2. The largest absolute Gasteiger partial charge is 0.479 e. The standard InChI is InChI=1S/C19H22N4O4/c1-13(24)23-9-10-27-16(12-23)11-22-18(25)15-5-3-14(4-6-15)17-19(26-2)21-8-7-20-17/h3-8,16H,9-12H2,1-2H3,(H,22,25)/t16-/m0/s1. The predicted molar refractivity (Wildman–Crippen MR) is 98.3 cm³/mol. The Kier molecular flexibility index (Phi) is 5.97. The van der Waals surface area contributed by atoms with Crippen molar-refractivity contribution in [3.63, 3.8) is 0 Å². The monoisotopic (exact) mass is 370 g/mol. The van der Waals surface area contributed by atoms with E-state index in [-0.39, 0.29) is 17.9 Å². The Morgan fingerprint density at radius 1 is 1.26 bits per heavy atom. The van der Waals surface area contributed by atoms with E-state index in [9.17, 15) is 9.59 Å². The van der Waals surface area contributed by atoms with Gasteiger partial charge in [-0.3, -0.25) is 9.59 Å². The molecule has 1 aromatic heterocycles. The molecule has 1 N–H and O–H groups in total. The van der Waals surface area contributed by atoms with Crippen LogP contribution >= 0.6 is 0 Å². The number of carbonyl (C=O) groups is 2. The summed E-state index contributed by atoms with van der Waals surface area (Å²) in [7, 11) is 1.54. The molecule has 2 amide bonds. The number of morpholine rings is 1. The molecule has 0 aliphatic carbocycles. The van der Waals surface area contributed by atoms with Gasteiger partial charge in [0.2, 0.25) is 11.8 Å². The second kappa shape index (κ2) is 8.59. The van der Waals surface area contributed by atoms with Crippen molar-refractivity contribution >= 4 is 11.8 Å². The van der Waals surface area contributed by atoms with Crippen molar-refractivity contribution in [2.45, 2.75) is 13.0 Å². The van der Waals surface area contributed by atoms with Crippen LogP contribution in [0.4, 0.5) is 0 Å². The molecule has 0 saturated carbocycles. The summed E-state index contributed by atoms with van der Waals surface area (Å²) in [6.07, 6.45) is 2.95. The van der Waals surface area contributed by atoms with E-state index in [0.717, 1.165) is 5.56 Å². The van der Waals surface area contributed by atoms with Gasteiger partial charge in [-0.15, -0.1) is 0 Å². The molecule has 8 nitrogen and oxygen atoms in total. The summed E-state index contributed by atoms with van der Waals surface area (Å²) in [5, 5.41) is 2.86. The Hall–Kier alpha value is -3.00. The van der Waals surface area contributed by atoms with Gasteiger partial charge in [0.1, 0.15) is 5.69 Å². The highest BCUT2D eigenvalue weighted by Gasteiger charge is 2.22. The van der Waals surface area contributed by atoms with Gasteiger partial charge >= 0.3 is 0 Å². The summed E-state index contributed by atoms with van der Waals surface area (Å²) in [6.45, 7) is 3.44. The molecule has 0 radical (unpaired) electrons. The Morgan fingerprint density at radius 2 is 2.00 bits per heavy atom. The summed E-state index contributed by atoms with van der Waals surface area (Å²) < 4.78 is 10.8. The molecule has 2 aromatic rings. The zero-order valence-corrected chi connectivity index (χ0v) is 15.3. The molecule has 1 atom stereocenters. The van der Waals surface area contributed by atoms with Crippen LogP contribution in [-0.4, -0.2) is 66.1 Å². The van der Waals surface area contributed by atoms with Gasteiger partial charge in [0, 0.05) is 50.1 Å². The summed E-state index contributed by atoms with van der Waals surface area (Å²) >= 11 is 0. The Balaban J connectivity index is 1.60. The summed E-state index contributed by atoms with van der Waals surface area (Å²) in [5.74, 6) is 0.250. The predicted octanol–water partition coefficient (Wildman–Crippen LogP) is 1.13. The number of benzene rings is 1. The van der Waals surface area contributed by atoms with Crippen LogP contribution in [0.2, 0.25) is 0 Å². The highest BCUT2D eigenvalue weighted by Crippen LogP contribution is 2.25. The zero-order valence-electron chi connectivity index (χ0n) is 15.3. The quantitative estimate of drug-likeness (QED) is 0.848. The van der Waals surface area contributed by atoms with Crippen LogP contribution in [0, 0.1) is 0 Å². The van der Waals surface area contributed by atoms with Crippen molar-refractivity contribution in [1.82, 2.24) is 20.2 Å². The van der Waals surface area contributed by atoms with Crippen molar-refractivity contribution in [3.8, 4) is 17.1 Å². The first-order valence-electron chi connectivity index (χ1n) is 8.69. The molecule has 1 aliphatic rings. The third kappa shape index (κ3) is 4.59. The van der Waals surface area contributed by atoms with E-state index in [0.29, 0.717) is 43.4 Å². The van der Waals surface area contributed by atoms with Gasteiger partial charge in [-0.1, -0.05) is 12.1 Å². The van der Waals surface area contributed by atoms with Crippen LogP contribution in [0.1, 0.15) is 17.3 Å². The maximum Gasteiger partial charge on any atom is 0.251 e. The second-order valence-electron chi connectivity index (χ2n) is 6.16. The molecular weight excluding hydrogens is 348 g/mol. The number of hydrogen-bond acceptors (Lipinski definition) is 6. The Bertz CT molecular complexity index is 810. The van der Waals surface area contributed by atoms with Gasteiger partial charge in [0.05, 0.1) is 19.8 Å². The maximum atomic E-state index is 12.4. The number of nitrogens with zero attached hydrogens (tertiary/aromatic N) is 3. The number of methoxy groups -OCH3 is 1. The molecule has 3 rings (SSSR count). The molecule has 0 unspecified atom stereocenters. The molecule has 27 heavy (non-hydrogen) atoms. The first-order valence-corrected chi connectivity index (χ1v) is 8.69. The van der Waals surface area contributed by atoms with E-state index in [1.54, 1.807) is 41.6 Å². The second-order valence-corrected chi connectivity index (χ2v) is 6.16. The van der Waals surface area contributed by atoms with Gasteiger partial charge in [0.15, 0.2) is 0 Å². The fourth-order valence-electron chi connectivity index (χ4n) is 2.89. The van der Waals surface area contributed by atoms with Gasteiger partial charge < -0.3 is 19.7 Å². The van der Waals surface area contributed by atoms with E-state index in [1.807, 2.05) is 0 Å². The average molecular weight is 370 g/mol. The van der Waals surface area contributed by atoms with Gasteiger partial charge in [-0.2, -0.15) is 0 Å². The van der Waals surface area contributed by atoms with Crippen LogP contribution in [0.15, 0.2) is 36.7 Å². The van der Waals surface area contributed by atoms with Crippen molar-refractivity contribution in [2.75, 3.05) is 33.4 Å². The van der Waals surface area contributed by atoms with Gasteiger partial charge in [0.25, 0.3) is 5.91 Å². The molecule has 1 fully saturated rings. The van der Waals surface area contributed by atoms with E-state index in [4.69, 9.17) is 9.47 Å². The summed E-state index contributed by atoms with van der Waals surface area (Å²) in [4.78, 5) is 34.0. The average Bonchev–Trinajstić information content (AvgIpc) is 2.72. The van der Waals surface area contributed by atoms with E-state index >= 15 is 0 Å². The third-order valence-electron chi connectivity index (χ3n) is 4.35. The summed E-state index contributed by atoms with van der Waals surface area (Å²) in [6, 6.07) is 7.05. The number of amides is 2. The number of ether oxygens (including phenoxy) is 2. The number of rotatable bonds is 5. The van der Waals surface area contributed by atoms with Crippen LogP contribution in [0.25, 0.3) is 11.3 Å². The van der Waals surface area contributed by atoms with Crippen molar-refractivity contribution in [2.24, 2.45) is 0 Å². The normalized spacial score (nSPS) is 16.7. The fourth-order valence-corrected chi connectivity index (χ4v) is 2.89. The number of nitrogens with one attached hydrogen (secondary N) is 1. The third-order valence-corrected chi connectivity index (χ3v) is 4.35. The van der Waals surface area contributed by atoms with E-state index in [2.05, 4.69) is 15.3 Å². The molecule has 0 spiro atoms. The van der Waals surface area contributed by atoms with Crippen LogP contribution in [0.5, 0.6) is 5.88 Å². The highest BCUT2D eigenvalue weighted by atomic mass is 16.5. The minimum atomic E-state index is -0.199. The van der Waals surface area contributed by atoms with Crippen molar-refractivity contribution in [1.29, 1.82) is 0 Å². The summed E-state index contributed by atoms with van der Waals surface area (Å²) in [5.41, 5.74) is 1.96.